The molecule has 0 atom stereocenters. The van der Waals surface area contributed by atoms with Crippen LogP contribution in [0.5, 0.6) is 5.88 Å². The Morgan fingerprint density at radius 1 is 1.07 bits per heavy atom. The van der Waals surface area contributed by atoms with Crippen LogP contribution in [-0.2, 0) is 0 Å². The molecule has 2 heterocycles. The number of nitrogens with zero attached hydrogens (tertiary/aromatic N) is 2. The molecule has 9 heteroatoms. The second kappa shape index (κ2) is 7.12. The summed E-state index contributed by atoms with van der Waals surface area (Å²) in [5.41, 5.74) is 2.25. The molecule has 0 unspecified atom stereocenters. The minimum Gasteiger partial charge on any atom is -0.493 e. The average molecular weight is 424 g/mol. The van der Waals surface area contributed by atoms with Crippen molar-refractivity contribution in [2.24, 2.45) is 4.99 Å². The van der Waals surface area contributed by atoms with Crippen LogP contribution in [0.15, 0.2) is 47.5 Å². The molecule has 1 aliphatic heterocycles. The van der Waals surface area contributed by atoms with Gasteiger partial charge in [0.1, 0.15) is 0 Å². The molecule has 1 aliphatic rings. The molecule has 3 N–H and O–H groups in total. The summed E-state index contributed by atoms with van der Waals surface area (Å²) in [5.74, 6) is -2.77. The van der Waals surface area contributed by atoms with Gasteiger partial charge in [0.25, 0.3) is 0 Å². The summed E-state index contributed by atoms with van der Waals surface area (Å²) in [4.78, 5) is 27.5. The van der Waals surface area contributed by atoms with Gasteiger partial charge in [-0.15, -0.1) is 11.3 Å². The second-order valence-electron chi connectivity index (χ2n) is 6.15. The number of para-hydroxylation sites is 1. The summed E-state index contributed by atoms with van der Waals surface area (Å²) >= 11 is 6.46. The summed E-state index contributed by atoms with van der Waals surface area (Å²) in [6.07, 6.45) is 3.42. The third kappa shape index (κ3) is 3.37. The number of aromatic nitrogens is 1. The van der Waals surface area contributed by atoms with E-state index < -0.39 is 11.9 Å². The number of carboxylic acids is 2. The largest absolute Gasteiger partial charge is 0.493 e. The van der Waals surface area contributed by atoms with E-state index in [9.17, 15) is 24.9 Å². The fourth-order valence-corrected chi connectivity index (χ4v) is 4.29. The number of aliphatic imine (C=N–C) groups is 1. The Morgan fingerprint density at radius 3 is 2.38 bits per heavy atom. The highest BCUT2D eigenvalue weighted by atomic mass is 32.1. The van der Waals surface area contributed by atoms with Crippen LogP contribution in [0.4, 0.5) is 5.69 Å². The minimum atomic E-state index is -1.28. The molecule has 0 aliphatic carbocycles. The highest BCUT2D eigenvalue weighted by molar-refractivity contribution is 7.73. The van der Waals surface area contributed by atoms with Gasteiger partial charge in [-0.3, -0.25) is 9.56 Å². The van der Waals surface area contributed by atoms with Gasteiger partial charge in [-0.2, -0.15) is 0 Å². The molecule has 0 fully saturated rings. The van der Waals surface area contributed by atoms with E-state index >= 15 is 0 Å². The van der Waals surface area contributed by atoms with Crippen molar-refractivity contribution < 1.29 is 24.9 Å². The quantitative estimate of drug-likeness (QED) is 0.527. The molecule has 0 spiro atoms. The molecule has 0 radical (unpaired) electrons. The number of carbonyl (C=O) groups is 2. The van der Waals surface area contributed by atoms with Crippen LogP contribution in [0.2, 0.25) is 0 Å². The number of hydrogen-bond acceptors (Lipinski definition) is 6. The van der Waals surface area contributed by atoms with Crippen molar-refractivity contribution in [1.82, 2.24) is 4.57 Å². The Labute approximate surface area is 173 Å². The first-order chi connectivity index (χ1) is 13.8. The maximum atomic E-state index is 11.4. The lowest BCUT2D eigenvalue weighted by molar-refractivity contribution is 0.0696. The Morgan fingerprint density at radius 2 is 1.72 bits per heavy atom. The van der Waals surface area contributed by atoms with Crippen LogP contribution >= 0.6 is 23.6 Å². The van der Waals surface area contributed by atoms with Gasteiger partial charge in [-0.25, -0.2) is 9.59 Å². The number of allylic oxidation sites excluding steroid dienone is 1. The zero-order valence-corrected chi connectivity index (χ0v) is 16.2. The van der Waals surface area contributed by atoms with Crippen molar-refractivity contribution in [3.8, 4) is 11.6 Å². The number of hydrogen-bond donors (Lipinski definition) is 3. The van der Waals surface area contributed by atoms with Crippen molar-refractivity contribution in [1.29, 1.82) is 0 Å². The fraction of sp³-hybridized carbons (Fsp3) is 0. The van der Waals surface area contributed by atoms with Gasteiger partial charge in [0.05, 0.1) is 27.4 Å². The predicted octanol–water partition coefficient (Wildman–Crippen LogP) is 4.63. The van der Waals surface area contributed by atoms with Crippen LogP contribution in [-0.4, -0.2) is 38.0 Å². The fourth-order valence-electron chi connectivity index (χ4n) is 2.99. The highest BCUT2D eigenvalue weighted by Crippen LogP contribution is 2.37. The van der Waals surface area contributed by atoms with Gasteiger partial charge in [-0.05, 0) is 42.6 Å². The third-order valence-corrected chi connectivity index (χ3v) is 5.64. The molecule has 0 saturated carbocycles. The summed E-state index contributed by atoms with van der Waals surface area (Å²) in [6, 6.07) is 11.1. The predicted molar refractivity (Wildman–Crippen MR) is 113 cm³/mol. The highest BCUT2D eigenvalue weighted by Gasteiger charge is 2.19. The lowest BCUT2D eigenvalue weighted by Gasteiger charge is -2.08. The van der Waals surface area contributed by atoms with Crippen molar-refractivity contribution in [3.63, 3.8) is 0 Å². The summed E-state index contributed by atoms with van der Waals surface area (Å²) in [6.45, 7) is 0. The minimum absolute atomic E-state index is 0.159. The van der Waals surface area contributed by atoms with Gasteiger partial charge in [0, 0.05) is 17.4 Å². The van der Waals surface area contributed by atoms with Crippen LogP contribution < -0.4 is 0 Å². The van der Waals surface area contributed by atoms with E-state index in [2.05, 4.69) is 4.99 Å². The summed E-state index contributed by atoms with van der Waals surface area (Å²) < 4.78 is 1.50. The second-order valence-corrected chi connectivity index (χ2v) is 7.82. The number of carboxylic acid groups (broad SMARTS) is 2. The smallest absolute Gasteiger partial charge is 0.335 e. The Bertz CT molecular complexity index is 1270. The number of aromatic carboxylic acids is 2. The molecule has 2 aromatic carbocycles. The molecule has 144 valence electrons. The number of aromatic hydroxyl groups is 1. The van der Waals surface area contributed by atoms with Gasteiger partial charge < -0.3 is 15.3 Å². The molecule has 7 nitrogen and oxygen atoms in total. The molecule has 29 heavy (non-hydrogen) atoms. The SMILES string of the molecule is O=C(O)c1cc(C(=O)O)cc(-n2c(O)c(C=C3C=Nc4ccccc43)sc2=S)c1. The van der Waals surface area contributed by atoms with E-state index in [-0.39, 0.29) is 26.6 Å². The number of fused-ring (bicyclic) bond motifs is 1. The van der Waals surface area contributed by atoms with Crippen molar-refractivity contribution in [2.45, 2.75) is 0 Å². The average Bonchev–Trinajstić information content (AvgIpc) is 3.22. The first-order valence-electron chi connectivity index (χ1n) is 8.27. The summed E-state index contributed by atoms with van der Waals surface area (Å²) in [5, 5.41) is 29.3. The number of thiazole rings is 1. The van der Waals surface area contributed by atoms with Gasteiger partial charge in [0.15, 0.2) is 3.95 Å². The van der Waals surface area contributed by atoms with Crippen LogP contribution in [0.3, 0.4) is 0 Å². The van der Waals surface area contributed by atoms with E-state index in [1.807, 2.05) is 24.3 Å². The Kier molecular flexibility index (Phi) is 4.61. The topological polar surface area (TPSA) is 112 Å². The maximum absolute atomic E-state index is 11.4. The van der Waals surface area contributed by atoms with Crippen LogP contribution in [0, 0.1) is 3.95 Å². The lowest BCUT2D eigenvalue weighted by atomic mass is 10.1. The molecule has 0 amide bonds. The van der Waals surface area contributed by atoms with E-state index in [0.717, 1.165) is 34.2 Å². The third-order valence-electron chi connectivity index (χ3n) is 4.33. The molecular weight excluding hydrogens is 412 g/mol. The molecule has 0 saturated heterocycles. The van der Waals surface area contributed by atoms with E-state index in [0.29, 0.717) is 4.88 Å². The van der Waals surface area contributed by atoms with E-state index in [1.165, 1.54) is 16.7 Å². The van der Waals surface area contributed by atoms with Gasteiger partial charge in [0.2, 0.25) is 5.88 Å². The van der Waals surface area contributed by atoms with E-state index in [1.54, 1.807) is 12.3 Å². The molecule has 0 bridgehead atoms. The Balaban J connectivity index is 1.85. The zero-order chi connectivity index (χ0) is 20.7. The summed E-state index contributed by atoms with van der Waals surface area (Å²) in [7, 11) is 0. The van der Waals surface area contributed by atoms with Crippen LogP contribution in [0.1, 0.15) is 31.2 Å². The normalized spacial score (nSPS) is 13.6. The van der Waals surface area contributed by atoms with E-state index in [4.69, 9.17) is 12.2 Å². The van der Waals surface area contributed by atoms with Crippen molar-refractivity contribution >= 4 is 59.0 Å². The Hall–Kier alpha value is -3.56. The van der Waals surface area contributed by atoms with Gasteiger partial charge in [-0.1, -0.05) is 18.2 Å². The molecule has 1 aromatic heterocycles. The van der Waals surface area contributed by atoms with Gasteiger partial charge >= 0.3 is 11.9 Å². The van der Waals surface area contributed by atoms with Crippen molar-refractivity contribution in [2.75, 3.05) is 0 Å². The number of rotatable bonds is 4. The first-order valence-corrected chi connectivity index (χ1v) is 9.49. The van der Waals surface area contributed by atoms with Crippen LogP contribution in [0.25, 0.3) is 17.3 Å². The zero-order valence-electron chi connectivity index (χ0n) is 14.6. The molecule has 3 aromatic rings. The lowest BCUT2D eigenvalue weighted by Crippen LogP contribution is -2.05. The first kappa shape index (κ1) is 18.8. The maximum Gasteiger partial charge on any atom is 0.335 e. The number of benzene rings is 2. The van der Waals surface area contributed by atoms with Crippen molar-refractivity contribution in [3.05, 3.63) is 68.0 Å². The molecule has 4 rings (SSSR count). The molecular formula is C20H12N2O5S2. The standard InChI is InChI=1S/C20H12N2O5S2/c23-17-16(8-12-9-21-15-4-2-1-3-14(12)15)29-20(28)22(17)13-6-10(18(24)25)5-11(7-13)19(26)27/h1-9,23H,(H,24,25)(H,26,27). The monoisotopic (exact) mass is 424 g/mol.